The minimum absolute atomic E-state index is 1.08. The zero-order valence-corrected chi connectivity index (χ0v) is 36.3. The number of rotatable bonds is 9. The normalized spacial score (nSPS) is 11.3. The lowest BCUT2D eigenvalue weighted by atomic mass is 9.97. The van der Waals surface area contributed by atoms with E-state index in [0.717, 1.165) is 22.6 Å². The molecule has 0 aliphatic carbocycles. The van der Waals surface area contributed by atoms with Crippen molar-refractivity contribution in [3.05, 3.63) is 267 Å². The van der Waals surface area contributed by atoms with Crippen molar-refractivity contribution in [3.8, 4) is 61.3 Å². The van der Waals surface area contributed by atoms with E-state index in [1.807, 2.05) is 0 Å². The van der Waals surface area contributed by atoms with Crippen molar-refractivity contribution in [1.29, 1.82) is 0 Å². The molecule has 310 valence electrons. The first-order valence-electron chi connectivity index (χ1n) is 22.7. The third-order valence-electron chi connectivity index (χ3n) is 13.0. The van der Waals surface area contributed by atoms with Gasteiger partial charge in [0.15, 0.2) is 0 Å². The SMILES string of the molecule is c1ccc(-c2ccc(-c3cccc(N(c4ccc(-c5cccc(-c6ccccc6-n6c7ccccc7c7ccccc76)c5)cc4)c4ccc(-c5cccc6ccccc56)cc4)c3)cc2)cc1. The van der Waals surface area contributed by atoms with Crippen LogP contribution in [0.1, 0.15) is 0 Å². The van der Waals surface area contributed by atoms with Gasteiger partial charge in [-0.2, -0.15) is 0 Å². The second-order valence-corrected chi connectivity index (χ2v) is 16.9. The highest BCUT2D eigenvalue weighted by Crippen LogP contribution is 2.41. The summed E-state index contributed by atoms with van der Waals surface area (Å²) in [4.78, 5) is 2.37. The predicted molar refractivity (Wildman–Crippen MR) is 280 cm³/mol. The number of para-hydroxylation sites is 3. The molecule has 1 heterocycles. The Labute approximate surface area is 385 Å². The Kier molecular flexibility index (Phi) is 9.89. The molecule has 12 aromatic rings. The molecule has 0 spiro atoms. The molecule has 11 aromatic carbocycles. The van der Waals surface area contributed by atoms with Gasteiger partial charge in [-0.25, -0.2) is 0 Å². The van der Waals surface area contributed by atoms with Crippen molar-refractivity contribution in [2.24, 2.45) is 0 Å². The first kappa shape index (κ1) is 38.9. The van der Waals surface area contributed by atoms with Crippen molar-refractivity contribution >= 4 is 49.6 Å². The maximum absolute atomic E-state index is 2.42. The van der Waals surface area contributed by atoms with E-state index >= 15 is 0 Å². The first-order chi connectivity index (χ1) is 32.7. The van der Waals surface area contributed by atoms with Crippen LogP contribution in [0.25, 0.3) is 93.9 Å². The molecule has 0 radical (unpaired) electrons. The van der Waals surface area contributed by atoms with Crippen LogP contribution < -0.4 is 4.90 Å². The summed E-state index contributed by atoms with van der Waals surface area (Å²) < 4.78 is 2.42. The van der Waals surface area contributed by atoms with Gasteiger partial charge >= 0.3 is 0 Å². The van der Waals surface area contributed by atoms with Gasteiger partial charge in [-0.1, -0.05) is 206 Å². The fourth-order valence-corrected chi connectivity index (χ4v) is 9.79. The van der Waals surface area contributed by atoms with E-state index in [2.05, 4.69) is 276 Å². The fraction of sp³-hybridized carbons (Fsp3) is 0. The van der Waals surface area contributed by atoms with E-state index in [-0.39, 0.29) is 0 Å². The van der Waals surface area contributed by atoms with Gasteiger partial charge in [-0.15, -0.1) is 0 Å². The van der Waals surface area contributed by atoms with E-state index in [1.165, 1.54) is 88.3 Å². The molecular weight excluding hydrogens is 797 g/mol. The Balaban J connectivity index is 0.916. The lowest BCUT2D eigenvalue weighted by Crippen LogP contribution is -2.10. The molecule has 1 aromatic heterocycles. The summed E-state index contributed by atoms with van der Waals surface area (Å²) in [6, 6.07) is 96.8. The van der Waals surface area contributed by atoms with Gasteiger partial charge in [-0.3, -0.25) is 0 Å². The third-order valence-corrected chi connectivity index (χ3v) is 13.0. The number of nitrogens with zero attached hydrogens (tertiary/aromatic N) is 2. The quantitative estimate of drug-likeness (QED) is 0.141. The smallest absolute Gasteiger partial charge is 0.0541 e. The summed E-state index contributed by atoms with van der Waals surface area (Å²) in [5.41, 5.74) is 18.7. The predicted octanol–water partition coefficient (Wildman–Crippen LogP) is 17.7. The van der Waals surface area contributed by atoms with Gasteiger partial charge in [0.2, 0.25) is 0 Å². The highest BCUT2D eigenvalue weighted by Gasteiger charge is 2.18. The Morgan fingerprint density at radius 2 is 0.682 bits per heavy atom. The molecule has 0 aliphatic rings. The van der Waals surface area contributed by atoms with Gasteiger partial charge in [0, 0.05) is 33.4 Å². The van der Waals surface area contributed by atoms with Crippen LogP contribution in [0.3, 0.4) is 0 Å². The van der Waals surface area contributed by atoms with Crippen LogP contribution in [-0.2, 0) is 0 Å². The number of fused-ring (bicyclic) bond motifs is 4. The second-order valence-electron chi connectivity index (χ2n) is 16.9. The molecule has 0 N–H and O–H groups in total. The largest absolute Gasteiger partial charge is 0.310 e. The van der Waals surface area contributed by atoms with Gasteiger partial charge in [0.25, 0.3) is 0 Å². The number of aromatic nitrogens is 1. The number of hydrogen-bond donors (Lipinski definition) is 0. The summed E-state index contributed by atoms with van der Waals surface area (Å²) >= 11 is 0. The first-order valence-corrected chi connectivity index (χ1v) is 22.7. The zero-order valence-electron chi connectivity index (χ0n) is 36.3. The van der Waals surface area contributed by atoms with Gasteiger partial charge in [0.1, 0.15) is 0 Å². The summed E-state index contributed by atoms with van der Waals surface area (Å²) in [6.45, 7) is 0. The van der Waals surface area contributed by atoms with Crippen LogP contribution >= 0.6 is 0 Å². The third kappa shape index (κ3) is 7.12. The van der Waals surface area contributed by atoms with Crippen LogP contribution in [0, 0.1) is 0 Å². The molecule has 0 aliphatic heterocycles. The van der Waals surface area contributed by atoms with Gasteiger partial charge in [0.05, 0.1) is 16.7 Å². The fourth-order valence-electron chi connectivity index (χ4n) is 9.79. The minimum atomic E-state index is 1.08. The molecule has 0 unspecified atom stereocenters. The Morgan fingerprint density at radius 3 is 1.38 bits per heavy atom. The Bertz CT molecular complexity index is 3620. The second kappa shape index (κ2) is 16.8. The molecular formula is C64H44N2. The lowest BCUT2D eigenvalue weighted by Gasteiger charge is -2.26. The van der Waals surface area contributed by atoms with Crippen molar-refractivity contribution in [1.82, 2.24) is 4.57 Å². The monoisotopic (exact) mass is 840 g/mol. The van der Waals surface area contributed by atoms with Crippen molar-refractivity contribution in [2.45, 2.75) is 0 Å². The Morgan fingerprint density at radius 1 is 0.242 bits per heavy atom. The minimum Gasteiger partial charge on any atom is -0.310 e. The van der Waals surface area contributed by atoms with Crippen LogP contribution in [-0.4, -0.2) is 4.57 Å². The molecule has 2 nitrogen and oxygen atoms in total. The van der Waals surface area contributed by atoms with Crippen molar-refractivity contribution in [2.75, 3.05) is 4.90 Å². The lowest BCUT2D eigenvalue weighted by molar-refractivity contribution is 1.18. The highest BCUT2D eigenvalue weighted by molar-refractivity contribution is 6.09. The van der Waals surface area contributed by atoms with E-state index in [0.29, 0.717) is 0 Å². The van der Waals surface area contributed by atoms with E-state index in [1.54, 1.807) is 0 Å². The maximum atomic E-state index is 2.42. The van der Waals surface area contributed by atoms with Crippen LogP contribution in [0.2, 0.25) is 0 Å². The van der Waals surface area contributed by atoms with E-state index < -0.39 is 0 Å². The van der Waals surface area contributed by atoms with Crippen molar-refractivity contribution < 1.29 is 0 Å². The Hall–Kier alpha value is -8.72. The van der Waals surface area contributed by atoms with Gasteiger partial charge < -0.3 is 9.47 Å². The zero-order chi connectivity index (χ0) is 43.8. The summed E-state index contributed by atoms with van der Waals surface area (Å²) in [5, 5.41) is 5.02. The van der Waals surface area contributed by atoms with Crippen LogP contribution in [0.5, 0.6) is 0 Å². The molecule has 12 rings (SSSR count). The van der Waals surface area contributed by atoms with E-state index in [9.17, 15) is 0 Å². The summed E-state index contributed by atoms with van der Waals surface area (Å²) in [6.07, 6.45) is 0. The molecule has 2 heteroatoms. The topological polar surface area (TPSA) is 8.17 Å². The average molecular weight is 841 g/mol. The number of hydrogen-bond acceptors (Lipinski definition) is 1. The van der Waals surface area contributed by atoms with E-state index in [4.69, 9.17) is 0 Å². The van der Waals surface area contributed by atoms with Crippen LogP contribution in [0.4, 0.5) is 17.1 Å². The van der Waals surface area contributed by atoms with Gasteiger partial charge in [-0.05, 0) is 122 Å². The molecule has 0 amide bonds. The summed E-state index contributed by atoms with van der Waals surface area (Å²) in [5.74, 6) is 0. The standard InChI is InChI=1S/C64H44N2/c1-2-15-45(16-3-1)46-31-33-47(34-32-46)52-20-13-22-56(44-52)65(55-41-37-50(38-42-55)58-27-14-18-49-17-4-5-23-57(49)58)54-39-35-48(36-40-54)51-19-12-21-53(43-51)59-24-6-9-28-62(59)66-63-29-10-7-25-60(63)61-26-8-11-30-64(61)66/h1-44H. The maximum Gasteiger partial charge on any atom is 0.0541 e. The van der Waals surface area contributed by atoms with Crippen molar-refractivity contribution in [3.63, 3.8) is 0 Å². The van der Waals surface area contributed by atoms with Crippen LogP contribution in [0.15, 0.2) is 267 Å². The number of anilines is 3. The summed E-state index contributed by atoms with van der Waals surface area (Å²) in [7, 11) is 0. The number of benzene rings is 11. The average Bonchev–Trinajstić information content (AvgIpc) is 3.74. The highest BCUT2D eigenvalue weighted by atomic mass is 15.1. The molecule has 0 saturated carbocycles. The molecule has 0 fully saturated rings. The molecule has 0 atom stereocenters. The molecule has 0 bridgehead atoms. The molecule has 66 heavy (non-hydrogen) atoms. The molecule has 0 saturated heterocycles.